The summed E-state index contributed by atoms with van der Waals surface area (Å²) in [4.78, 5) is 23.9. The number of anilines is 1. The van der Waals surface area contributed by atoms with Crippen LogP contribution in [0.25, 0.3) is 0 Å². The highest BCUT2D eigenvalue weighted by Crippen LogP contribution is 2.20. The number of hydrogen-bond acceptors (Lipinski definition) is 5. The van der Waals surface area contributed by atoms with Crippen LogP contribution in [0.3, 0.4) is 0 Å². The molecule has 0 aliphatic carbocycles. The van der Waals surface area contributed by atoms with Gasteiger partial charge in [0.05, 0.1) is 13.5 Å². The maximum Gasteiger partial charge on any atom is 0.277 e. The van der Waals surface area contributed by atoms with Crippen molar-refractivity contribution in [1.82, 2.24) is 5.43 Å². The summed E-state index contributed by atoms with van der Waals surface area (Å²) < 4.78 is 10.5. The average Bonchev–Trinajstić information content (AvgIpc) is 2.67. The number of hydrogen-bond donors (Lipinski definition) is 2. The van der Waals surface area contributed by atoms with E-state index < -0.39 is 5.91 Å². The maximum atomic E-state index is 12.1. The Hall–Kier alpha value is -3.06. The zero-order chi connectivity index (χ0) is 20.5. The van der Waals surface area contributed by atoms with Gasteiger partial charge in [0, 0.05) is 22.5 Å². The van der Waals surface area contributed by atoms with Gasteiger partial charge in [-0.1, -0.05) is 17.7 Å². The molecule has 2 amide bonds. The first-order valence-corrected chi connectivity index (χ1v) is 8.90. The number of rotatable bonds is 8. The van der Waals surface area contributed by atoms with Gasteiger partial charge in [-0.2, -0.15) is 5.10 Å². The number of nitrogens with zero attached hydrogens (tertiary/aromatic N) is 1. The Morgan fingerprint density at radius 1 is 1.11 bits per heavy atom. The molecular formula is C20H22ClN3O4. The summed E-state index contributed by atoms with van der Waals surface area (Å²) in [7, 11) is 1.55. The fourth-order valence-electron chi connectivity index (χ4n) is 2.26. The molecule has 0 unspecified atom stereocenters. The van der Waals surface area contributed by atoms with Gasteiger partial charge in [0.25, 0.3) is 5.91 Å². The lowest BCUT2D eigenvalue weighted by atomic mass is 10.2. The molecule has 28 heavy (non-hydrogen) atoms. The second-order valence-electron chi connectivity index (χ2n) is 6.03. The first-order valence-electron chi connectivity index (χ1n) is 8.52. The Morgan fingerprint density at radius 3 is 2.57 bits per heavy atom. The van der Waals surface area contributed by atoms with Crippen molar-refractivity contribution in [3.63, 3.8) is 0 Å². The molecule has 0 aromatic heterocycles. The van der Waals surface area contributed by atoms with Gasteiger partial charge in [-0.3, -0.25) is 9.59 Å². The van der Waals surface area contributed by atoms with Crippen molar-refractivity contribution >= 4 is 34.8 Å². The number of halogens is 1. The Labute approximate surface area is 168 Å². The molecule has 7 nitrogen and oxygen atoms in total. The second kappa shape index (κ2) is 10.3. The molecule has 2 N–H and O–H groups in total. The van der Waals surface area contributed by atoms with Crippen LogP contribution in [-0.2, 0) is 9.59 Å². The van der Waals surface area contributed by atoms with Crippen LogP contribution in [0.4, 0.5) is 5.69 Å². The van der Waals surface area contributed by atoms with Crippen molar-refractivity contribution < 1.29 is 19.1 Å². The molecule has 0 atom stereocenters. The van der Waals surface area contributed by atoms with Crippen molar-refractivity contribution in [2.24, 2.45) is 5.10 Å². The number of amides is 2. The fourth-order valence-corrected chi connectivity index (χ4v) is 2.49. The van der Waals surface area contributed by atoms with E-state index in [0.29, 0.717) is 27.9 Å². The van der Waals surface area contributed by atoms with E-state index >= 15 is 0 Å². The maximum absolute atomic E-state index is 12.1. The predicted octanol–water partition coefficient (Wildman–Crippen LogP) is 3.56. The van der Waals surface area contributed by atoms with Crippen molar-refractivity contribution in [2.45, 2.75) is 20.3 Å². The number of hydrazone groups is 1. The lowest BCUT2D eigenvalue weighted by Crippen LogP contribution is -2.26. The molecule has 0 aliphatic rings. The van der Waals surface area contributed by atoms with Crippen LogP contribution in [0.1, 0.15) is 18.9 Å². The molecule has 148 valence electrons. The number of benzene rings is 2. The first-order chi connectivity index (χ1) is 13.4. The Bertz CT molecular complexity index is 884. The molecule has 8 heteroatoms. The van der Waals surface area contributed by atoms with Gasteiger partial charge >= 0.3 is 0 Å². The van der Waals surface area contributed by atoms with Gasteiger partial charge in [0.2, 0.25) is 5.91 Å². The SMILES string of the molecule is COc1cccc(OCC(=O)NN=C(C)CC(=O)Nc2ccc(Cl)cc2C)c1. The number of carbonyl (C=O) groups excluding carboxylic acids is 2. The molecular weight excluding hydrogens is 382 g/mol. The predicted molar refractivity (Wildman–Crippen MR) is 109 cm³/mol. The Balaban J connectivity index is 1.79. The van der Waals surface area contributed by atoms with Crippen LogP contribution in [0.5, 0.6) is 11.5 Å². The van der Waals surface area contributed by atoms with E-state index in [-0.39, 0.29) is 18.9 Å². The van der Waals surface area contributed by atoms with E-state index in [4.69, 9.17) is 21.1 Å². The topological polar surface area (TPSA) is 89.0 Å². The summed E-state index contributed by atoms with van der Waals surface area (Å²) in [6, 6.07) is 12.1. The van der Waals surface area contributed by atoms with E-state index in [1.54, 1.807) is 56.5 Å². The standard InChI is InChI=1S/C20H22ClN3O4/c1-13-9-15(21)7-8-18(13)22-19(25)10-14(2)23-24-20(26)12-28-17-6-4-5-16(11-17)27-3/h4-9,11H,10,12H2,1-3H3,(H,22,25)(H,24,26). The van der Waals surface area contributed by atoms with Gasteiger partial charge in [-0.25, -0.2) is 5.43 Å². The van der Waals surface area contributed by atoms with Crippen LogP contribution in [0.15, 0.2) is 47.6 Å². The minimum absolute atomic E-state index is 0.0408. The van der Waals surface area contributed by atoms with Crippen LogP contribution < -0.4 is 20.2 Å². The number of aryl methyl sites for hydroxylation is 1. The van der Waals surface area contributed by atoms with Gasteiger partial charge in [0.15, 0.2) is 6.61 Å². The third-order valence-corrected chi connectivity index (χ3v) is 3.90. The number of ether oxygens (including phenoxy) is 2. The molecule has 2 aromatic rings. The minimum Gasteiger partial charge on any atom is -0.497 e. The lowest BCUT2D eigenvalue weighted by Gasteiger charge is -2.09. The molecule has 2 rings (SSSR count). The van der Waals surface area contributed by atoms with Crippen molar-refractivity contribution in [2.75, 3.05) is 19.0 Å². The highest BCUT2D eigenvalue weighted by Gasteiger charge is 2.08. The smallest absolute Gasteiger partial charge is 0.277 e. The zero-order valence-corrected chi connectivity index (χ0v) is 16.7. The Kier molecular flexibility index (Phi) is 7.83. The van der Waals surface area contributed by atoms with Gasteiger partial charge < -0.3 is 14.8 Å². The van der Waals surface area contributed by atoms with E-state index in [0.717, 1.165) is 5.56 Å². The molecule has 0 saturated heterocycles. The van der Waals surface area contributed by atoms with Gasteiger partial charge in [0.1, 0.15) is 11.5 Å². The third kappa shape index (κ3) is 6.92. The summed E-state index contributed by atoms with van der Waals surface area (Å²) >= 11 is 5.90. The van der Waals surface area contributed by atoms with E-state index in [2.05, 4.69) is 15.8 Å². The highest BCUT2D eigenvalue weighted by molar-refractivity contribution is 6.30. The number of carbonyl (C=O) groups is 2. The normalized spacial score (nSPS) is 10.9. The monoisotopic (exact) mass is 403 g/mol. The van der Waals surface area contributed by atoms with Gasteiger partial charge in [-0.15, -0.1) is 0 Å². The summed E-state index contributed by atoms with van der Waals surface area (Å²) in [6.45, 7) is 3.29. The van der Waals surface area contributed by atoms with Crippen molar-refractivity contribution in [1.29, 1.82) is 0 Å². The summed E-state index contributed by atoms with van der Waals surface area (Å²) in [6.07, 6.45) is 0.0408. The minimum atomic E-state index is -0.434. The second-order valence-corrected chi connectivity index (χ2v) is 6.47. The van der Waals surface area contributed by atoms with E-state index in [1.165, 1.54) is 0 Å². The van der Waals surface area contributed by atoms with Crippen LogP contribution in [0.2, 0.25) is 5.02 Å². The number of nitrogens with one attached hydrogen (secondary N) is 2. The quantitative estimate of drug-likeness (QED) is 0.521. The molecule has 0 spiro atoms. The molecule has 0 aliphatic heterocycles. The lowest BCUT2D eigenvalue weighted by molar-refractivity contribution is -0.123. The van der Waals surface area contributed by atoms with Crippen LogP contribution >= 0.6 is 11.6 Å². The van der Waals surface area contributed by atoms with Crippen LogP contribution in [0, 0.1) is 6.92 Å². The summed E-state index contributed by atoms with van der Waals surface area (Å²) in [5.41, 5.74) is 4.36. The van der Waals surface area contributed by atoms with Crippen molar-refractivity contribution in [3.8, 4) is 11.5 Å². The Morgan fingerprint density at radius 2 is 1.86 bits per heavy atom. The summed E-state index contributed by atoms with van der Waals surface area (Å²) in [5, 5.41) is 7.31. The largest absolute Gasteiger partial charge is 0.497 e. The molecule has 0 heterocycles. The third-order valence-electron chi connectivity index (χ3n) is 3.66. The highest BCUT2D eigenvalue weighted by atomic mass is 35.5. The number of methoxy groups -OCH3 is 1. The zero-order valence-electron chi connectivity index (χ0n) is 15.9. The van der Waals surface area contributed by atoms with E-state index in [1.807, 2.05) is 6.92 Å². The molecule has 0 saturated carbocycles. The molecule has 0 radical (unpaired) electrons. The molecule has 0 fully saturated rings. The van der Waals surface area contributed by atoms with E-state index in [9.17, 15) is 9.59 Å². The molecule has 2 aromatic carbocycles. The first kappa shape index (κ1) is 21.2. The summed E-state index contributed by atoms with van der Waals surface area (Å²) in [5.74, 6) is 0.464. The average molecular weight is 404 g/mol. The molecule has 0 bridgehead atoms. The van der Waals surface area contributed by atoms with Gasteiger partial charge in [-0.05, 0) is 49.7 Å². The van der Waals surface area contributed by atoms with Crippen LogP contribution in [-0.4, -0.2) is 31.2 Å². The fraction of sp³-hybridized carbons (Fsp3) is 0.250. The van der Waals surface area contributed by atoms with Crippen molar-refractivity contribution in [3.05, 3.63) is 53.1 Å².